The van der Waals surface area contributed by atoms with Crippen LogP contribution in [0.1, 0.15) is 12.8 Å². The minimum Gasteiger partial charge on any atom is -0.469 e. The number of ether oxygens (including phenoxy) is 2. The van der Waals surface area contributed by atoms with Crippen LogP contribution in [-0.4, -0.2) is 38.9 Å². The maximum absolute atomic E-state index is 10.9. The molecule has 1 aliphatic heterocycles. The molecular formula is C8H15NO3. The van der Waals surface area contributed by atoms with E-state index in [1.165, 1.54) is 7.11 Å². The Balaban J connectivity index is 2.24. The molecule has 4 nitrogen and oxygen atoms in total. The quantitative estimate of drug-likeness (QED) is 0.594. The summed E-state index contributed by atoms with van der Waals surface area (Å²) in [7, 11) is 1.40. The van der Waals surface area contributed by atoms with E-state index in [0.717, 1.165) is 19.5 Å². The lowest BCUT2D eigenvalue weighted by Crippen LogP contribution is -2.19. The molecule has 0 saturated carbocycles. The Morgan fingerprint density at radius 1 is 1.67 bits per heavy atom. The van der Waals surface area contributed by atoms with Gasteiger partial charge >= 0.3 is 5.97 Å². The first kappa shape index (κ1) is 9.48. The first-order chi connectivity index (χ1) is 5.83. The highest BCUT2D eigenvalue weighted by molar-refractivity contribution is 5.69. The van der Waals surface area contributed by atoms with E-state index in [1.807, 2.05) is 0 Å². The van der Waals surface area contributed by atoms with Gasteiger partial charge in [0.15, 0.2) is 0 Å². The third-order valence-electron chi connectivity index (χ3n) is 1.90. The summed E-state index contributed by atoms with van der Waals surface area (Å²) >= 11 is 0. The molecule has 0 aliphatic carbocycles. The van der Waals surface area contributed by atoms with Crippen LogP contribution in [0.25, 0.3) is 0 Å². The molecule has 1 heterocycles. The summed E-state index contributed by atoms with van der Waals surface area (Å²) in [5.74, 6) is -0.193. The summed E-state index contributed by atoms with van der Waals surface area (Å²) in [5, 5.41) is 3.19. The van der Waals surface area contributed by atoms with Gasteiger partial charge < -0.3 is 14.8 Å². The molecule has 1 fully saturated rings. The van der Waals surface area contributed by atoms with E-state index >= 15 is 0 Å². The van der Waals surface area contributed by atoms with Crippen LogP contribution in [0.2, 0.25) is 0 Å². The SMILES string of the molecule is COC(=O)CC1CCNCCO1. The van der Waals surface area contributed by atoms with Crippen molar-refractivity contribution in [3.05, 3.63) is 0 Å². The van der Waals surface area contributed by atoms with E-state index in [2.05, 4.69) is 10.1 Å². The monoisotopic (exact) mass is 173 g/mol. The van der Waals surface area contributed by atoms with Crippen LogP contribution in [0.3, 0.4) is 0 Å². The second-order valence-corrected chi connectivity index (χ2v) is 2.81. The average molecular weight is 173 g/mol. The largest absolute Gasteiger partial charge is 0.469 e. The fourth-order valence-corrected chi connectivity index (χ4v) is 1.20. The van der Waals surface area contributed by atoms with Gasteiger partial charge in [-0.3, -0.25) is 4.79 Å². The second-order valence-electron chi connectivity index (χ2n) is 2.81. The van der Waals surface area contributed by atoms with Gasteiger partial charge in [-0.1, -0.05) is 0 Å². The summed E-state index contributed by atoms with van der Waals surface area (Å²) in [4.78, 5) is 10.9. The predicted octanol–water partition coefficient (Wildman–Crippen LogP) is -0.0720. The topological polar surface area (TPSA) is 47.6 Å². The molecule has 1 aliphatic rings. The fraction of sp³-hybridized carbons (Fsp3) is 0.875. The number of carbonyl (C=O) groups excluding carboxylic acids is 1. The van der Waals surface area contributed by atoms with E-state index in [1.54, 1.807) is 0 Å². The van der Waals surface area contributed by atoms with Crippen LogP contribution in [0.4, 0.5) is 0 Å². The molecule has 1 rings (SSSR count). The fourth-order valence-electron chi connectivity index (χ4n) is 1.20. The molecule has 70 valence electrons. The highest BCUT2D eigenvalue weighted by Crippen LogP contribution is 2.06. The number of methoxy groups -OCH3 is 1. The summed E-state index contributed by atoms with van der Waals surface area (Å²) < 4.78 is 9.97. The molecule has 0 aromatic carbocycles. The van der Waals surface area contributed by atoms with Crippen molar-refractivity contribution in [2.24, 2.45) is 0 Å². The van der Waals surface area contributed by atoms with Crippen molar-refractivity contribution in [3.63, 3.8) is 0 Å². The smallest absolute Gasteiger partial charge is 0.308 e. The summed E-state index contributed by atoms with van der Waals surface area (Å²) in [6.45, 7) is 2.47. The Bertz CT molecular complexity index is 141. The molecule has 0 aromatic rings. The first-order valence-corrected chi connectivity index (χ1v) is 4.22. The van der Waals surface area contributed by atoms with Gasteiger partial charge in [-0.25, -0.2) is 0 Å². The molecule has 0 spiro atoms. The lowest BCUT2D eigenvalue weighted by Gasteiger charge is -2.11. The van der Waals surface area contributed by atoms with E-state index in [0.29, 0.717) is 13.0 Å². The minimum atomic E-state index is -0.193. The first-order valence-electron chi connectivity index (χ1n) is 4.22. The lowest BCUT2D eigenvalue weighted by molar-refractivity contribution is -0.143. The van der Waals surface area contributed by atoms with Gasteiger partial charge in [0.25, 0.3) is 0 Å². The number of hydrogen-bond acceptors (Lipinski definition) is 4. The zero-order valence-electron chi connectivity index (χ0n) is 7.34. The van der Waals surface area contributed by atoms with Gasteiger partial charge in [0.1, 0.15) is 0 Å². The van der Waals surface area contributed by atoms with Crippen molar-refractivity contribution in [3.8, 4) is 0 Å². The van der Waals surface area contributed by atoms with Crippen LogP contribution in [0.5, 0.6) is 0 Å². The third kappa shape index (κ3) is 3.19. The van der Waals surface area contributed by atoms with Gasteiger partial charge in [0.2, 0.25) is 0 Å². The second kappa shape index (κ2) is 5.11. The Hall–Kier alpha value is -0.610. The molecule has 12 heavy (non-hydrogen) atoms. The maximum Gasteiger partial charge on any atom is 0.308 e. The zero-order chi connectivity index (χ0) is 8.81. The van der Waals surface area contributed by atoms with Crippen LogP contribution < -0.4 is 5.32 Å². The van der Waals surface area contributed by atoms with Crippen molar-refractivity contribution in [1.29, 1.82) is 0 Å². The van der Waals surface area contributed by atoms with E-state index in [9.17, 15) is 4.79 Å². The minimum absolute atomic E-state index is 0.0347. The highest BCUT2D eigenvalue weighted by atomic mass is 16.5. The molecule has 1 N–H and O–H groups in total. The van der Waals surface area contributed by atoms with E-state index in [-0.39, 0.29) is 12.1 Å². The van der Waals surface area contributed by atoms with Crippen molar-refractivity contribution >= 4 is 5.97 Å². The number of hydrogen-bond donors (Lipinski definition) is 1. The Morgan fingerprint density at radius 2 is 2.50 bits per heavy atom. The number of rotatable bonds is 2. The van der Waals surface area contributed by atoms with Crippen molar-refractivity contribution in [2.75, 3.05) is 26.8 Å². The average Bonchev–Trinajstić information content (AvgIpc) is 2.33. The van der Waals surface area contributed by atoms with Crippen LogP contribution in [0, 0.1) is 0 Å². The van der Waals surface area contributed by atoms with Gasteiger partial charge in [-0.2, -0.15) is 0 Å². The van der Waals surface area contributed by atoms with Crippen molar-refractivity contribution in [2.45, 2.75) is 18.9 Å². The van der Waals surface area contributed by atoms with E-state index in [4.69, 9.17) is 4.74 Å². The van der Waals surface area contributed by atoms with E-state index < -0.39 is 0 Å². The van der Waals surface area contributed by atoms with Gasteiger partial charge in [-0.15, -0.1) is 0 Å². The van der Waals surface area contributed by atoms with Gasteiger partial charge in [0.05, 0.1) is 26.2 Å². The Kier molecular flexibility index (Phi) is 4.04. The molecule has 0 amide bonds. The molecule has 1 saturated heterocycles. The Morgan fingerprint density at radius 3 is 3.25 bits per heavy atom. The van der Waals surface area contributed by atoms with Crippen LogP contribution in [-0.2, 0) is 14.3 Å². The number of nitrogens with one attached hydrogen (secondary N) is 1. The summed E-state index contributed by atoms with van der Waals surface area (Å²) in [6.07, 6.45) is 1.29. The number of carbonyl (C=O) groups is 1. The molecule has 0 radical (unpaired) electrons. The van der Waals surface area contributed by atoms with Gasteiger partial charge in [0, 0.05) is 6.54 Å². The summed E-state index contributed by atoms with van der Waals surface area (Å²) in [6, 6.07) is 0. The lowest BCUT2D eigenvalue weighted by atomic mass is 10.2. The predicted molar refractivity (Wildman–Crippen MR) is 43.9 cm³/mol. The maximum atomic E-state index is 10.9. The molecular weight excluding hydrogens is 158 g/mol. The standard InChI is InChI=1S/C8H15NO3/c1-11-8(10)6-7-2-3-9-4-5-12-7/h7,9H,2-6H2,1H3. The van der Waals surface area contributed by atoms with Crippen molar-refractivity contribution in [1.82, 2.24) is 5.32 Å². The zero-order valence-corrected chi connectivity index (χ0v) is 7.34. The highest BCUT2D eigenvalue weighted by Gasteiger charge is 2.16. The molecule has 0 bridgehead atoms. The van der Waals surface area contributed by atoms with Crippen LogP contribution >= 0.6 is 0 Å². The molecule has 0 aromatic heterocycles. The van der Waals surface area contributed by atoms with Crippen LogP contribution in [0.15, 0.2) is 0 Å². The molecule has 1 atom stereocenters. The normalized spacial score (nSPS) is 24.6. The van der Waals surface area contributed by atoms with Gasteiger partial charge in [-0.05, 0) is 13.0 Å². The molecule has 1 unspecified atom stereocenters. The van der Waals surface area contributed by atoms with Crippen molar-refractivity contribution < 1.29 is 14.3 Å². The molecule has 4 heteroatoms. The Labute approximate surface area is 72.2 Å². The number of esters is 1. The third-order valence-corrected chi connectivity index (χ3v) is 1.90. The summed E-state index contributed by atoms with van der Waals surface area (Å²) in [5.41, 5.74) is 0.